The molecule has 3 rings (SSSR count). The first kappa shape index (κ1) is 23.1. The Morgan fingerprint density at radius 3 is 2.55 bits per heavy atom. The molecule has 1 aromatic rings. The van der Waals surface area contributed by atoms with Crippen molar-refractivity contribution >= 4 is 23.5 Å². The number of aliphatic hydroxyl groups is 1. The maximum atomic E-state index is 11.1. The molecule has 2 N–H and O–H groups in total. The minimum absolute atomic E-state index is 0.0327. The van der Waals surface area contributed by atoms with E-state index < -0.39 is 0 Å². The number of hydrogen-bond acceptors (Lipinski definition) is 5. The van der Waals surface area contributed by atoms with Crippen LogP contribution in [0.5, 0.6) is 11.5 Å². The summed E-state index contributed by atoms with van der Waals surface area (Å²) < 4.78 is 6.28. The van der Waals surface area contributed by atoms with E-state index in [1.54, 1.807) is 0 Å². The summed E-state index contributed by atoms with van der Waals surface area (Å²) in [5.74, 6) is 3.69. The third-order valence-electron chi connectivity index (χ3n) is 6.09. The molecule has 2 fully saturated rings. The van der Waals surface area contributed by atoms with Crippen LogP contribution >= 0.6 is 23.5 Å². The van der Waals surface area contributed by atoms with Gasteiger partial charge in [0.2, 0.25) is 0 Å². The van der Waals surface area contributed by atoms with E-state index in [9.17, 15) is 10.2 Å². The fraction of sp³-hybridized carbons (Fsp3) is 0.750. The number of thioether (sulfide) groups is 2. The summed E-state index contributed by atoms with van der Waals surface area (Å²) in [5, 5.41) is 21.3. The highest BCUT2D eigenvalue weighted by atomic mass is 32.2. The summed E-state index contributed by atoms with van der Waals surface area (Å²) in [7, 11) is 0. The maximum absolute atomic E-state index is 11.1. The third kappa shape index (κ3) is 5.80. The number of hydrogen-bond donors (Lipinski definition) is 2. The molecule has 5 heteroatoms. The minimum atomic E-state index is -0.273. The Hall–Kier alpha value is -0.520. The smallest absolute Gasteiger partial charge is 0.127 e. The number of phenols is 1. The van der Waals surface area contributed by atoms with Crippen molar-refractivity contribution in [3.05, 3.63) is 23.3 Å². The molecule has 0 spiro atoms. The molecule has 1 aliphatic heterocycles. The zero-order valence-electron chi connectivity index (χ0n) is 18.3. The number of rotatable bonds is 9. The van der Waals surface area contributed by atoms with Gasteiger partial charge in [0.25, 0.3) is 0 Å². The summed E-state index contributed by atoms with van der Waals surface area (Å²) in [6.45, 7) is 6.34. The maximum Gasteiger partial charge on any atom is 0.127 e. The van der Waals surface area contributed by atoms with Gasteiger partial charge in [-0.25, -0.2) is 0 Å². The van der Waals surface area contributed by atoms with Crippen molar-refractivity contribution in [1.82, 2.24) is 0 Å². The molecule has 1 aliphatic carbocycles. The van der Waals surface area contributed by atoms with Crippen LogP contribution in [0.1, 0.15) is 95.6 Å². The summed E-state index contributed by atoms with van der Waals surface area (Å²) in [6.07, 6.45) is 9.56. The van der Waals surface area contributed by atoms with Gasteiger partial charge in [0.15, 0.2) is 0 Å². The highest BCUT2D eigenvalue weighted by molar-refractivity contribution is 8.20. The number of phenolic OH excluding ortho intramolecular Hbond substituents is 1. The zero-order valence-corrected chi connectivity index (χ0v) is 19.9. The molecule has 164 valence electrons. The number of ether oxygens (including phenoxy) is 1. The van der Waals surface area contributed by atoms with Crippen LogP contribution in [-0.2, 0) is 4.08 Å². The standard InChI is InChI=1S/C24H38O3S2/c1-4-5-6-7-11-24(28-12-13-29-24)19-15-21(26)23(22(16-19)27-17(2)3)18-9-8-10-20(25)14-18/h15-18,20,25-26H,4-14H2,1-3H3. The van der Waals surface area contributed by atoms with Crippen molar-refractivity contribution in [2.75, 3.05) is 11.5 Å². The Balaban J connectivity index is 1.93. The van der Waals surface area contributed by atoms with Gasteiger partial charge in [-0.05, 0) is 63.1 Å². The van der Waals surface area contributed by atoms with Crippen LogP contribution < -0.4 is 4.74 Å². The van der Waals surface area contributed by atoms with E-state index in [1.807, 2.05) is 43.4 Å². The first-order valence-corrected chi connectivity index (χ1v) is 13.4. The second-order valence-electron chi connectivity index (χ2n) is 8.85. The van der Waals surface area contributed by atoms with Crippen LogP contribution in [0.4, 0.5) is 0 Å². The second-order valence-corrected chi connectivity index (χ2v) is 11.9. The molecule has 0 amide bonds. The van der Waals surface area contributed by atoms with Gasteiger partial charge in [-0.15, -0.1) is 23.5 Å². The van der Waals surface area contributed by atoms with Gasteiger partial charge in [-0.2, -0.15) is 0 Å². The topological polar surface area (TPSA) is 49.7 Å². The Morgan fingerprint density at radius 2 is 1.90 bits per heavy atom. The van der Waals surface area contributed by atoms with Gasteiger partial charge < -0.3 is 14.9 Å². The van der Waals surface area contributed by atoms with Gasteiger partial charge in [0.1, 0.15) is 11.5 Å². The lowest BCUT2D eigenvalue weighted by molar-refractivity contribution is 0.117. The van der Waals surface area contributed by atoms with Gasteiger partial charge >= 0.3 is 0 Å². The van der Waals surface area contributed by atoms with E-state index in [1.165, 1.54) is 31.2 Å². The molecule has 29 heavy (non-hydrogen) atoms. The van der Waals surface area contributed by atoms with Gasteiger partial charge in [-0.3, -0.25) is 0 Å². The number of aliphatic hydroxyl groups excluding tert-OH is 1. The molecule has 2 unspecified atom stereocenters. The molecule has 2 atom stereocenters. The summed E-state index contributed by atoms with van der Waals surface area (Å²) in [4.78, 5) is 0. The van der Waals surface area contributed by atoms with Crippen molar-refractivity contribution in [2.24, 2.45) is 0 Å². The lowest BCUT2D eigenvalue weighted by Gasteiger charge is -2.32. The largest absolute Gasteiger partial charge is 0.508 e. The third-order valence-corrected chi connectivity index (χ3v) is 9.69. The van der Waals surface area contributed by atoms with Gasteiger partial charge in [0, 0.05) is 17.1 Å². The van der Waals surface area contributed by atoms with E-state index in [0.717, 1.165) is 48.5 Å². The summed E-state index contributed by atoms with van der Waals surface area (Å²) in [5.41, 5.74) is 2.12. The molecule has 0 radical (unpaired) electrons. The van der Waals surface area contributed by atoms with Crippen molar-refractivity contribution in [3.8, 4) is 11.5 Å². The fourth-order valence-corrected chi connectivity index (χ4v) is 8.02. The Bertz CT molecular complexity index is 656. The molecule has 0 bridgehead atoms. The van der Waals surface area contributed by atoms with Crippen molar-refractivity contribution in [3.63, 3.8) is 0 Å². The average molecular weight is 439 g/mol. The first-order chi connectivity index (χ1) is 13.9. The molecule has 2 aliphatic rings. The molecule has 0 aromatic heterocycles. The van der Waals surface area contributed by atoms with Crippen molar-refractivity contribution < 1.29 is 14.9 Å². The monoisotopic (exact) mass is 438 g/mol. The SMILES string of the molecule is CCCCCCC1(c2cc(O)c(C3CCCC(O)C3)c(OC(C)C)c2)SCCS1. The molecular formula is C24H38O3S2. The average Bonchev–Trinajstić information content (AvgIpc) is 3.14. The fourth-order valence-electron chi connectivity index (χ4n) is 4.71. The second kappa shape index (κ2) is 10.7. The predicted molar refractivity (Wildman–Crippen MR) is 126 cm³/mol. The van der Waals surface area contributed by atoms with Crippen LogP contribution in [0, 0.1) is 0 Å². The predicted octanol–water partition coefficient (Wildman–Crippen LogP) is 6.80. The Labute approximate surface area is 185 Å². The van der Waals surface area contributed by atoms with Gasteiger partial charge in [0.05, 0.1) is 16.3 Å². The minimum Gasteiger partial charge on any atom is -0.508 e. The molecule has 1 saturated heterocycles. The highest BCUT2D eigenvalue weighted by Gasteiger charge is 2.39. The molecule has 1 aromatic carbocycles. The van der Waals surface area contributed by atoms with Crippen molar-refractivity contribution in [2.45, 2.75) is 101 Å². The zero-order chi connectivity index (χ0) is 20.9. The lowest BCUT2D eigenvalue weighted by Crippen LogP contribution is -2.21. The molecular weight excluding hydrogens is 400 g/mol. The van der Waals surface area contributed by atoms with E-state index in [0.29, 0.717) is 12.2 Å². The van der Waals surface area contributed by atoms with Crippen LogP contribution in [0.15, 0.2) is 12.1 Å². The Morgan fingerprint density at radius 1 is 1.14 bits per heavy atom. The van der Waals surface area contributed by atoms with Crippen LogP contribution in [-0.4, -0.2) is 33.9 Å². The van der Waals surface area contributed by atoms with Crippen LogP contribution in [0.3, 0.4) is 0 Å². The number of aromatic hydroxyl groups is 1. The molecule has 3 nitrogen and oxygen atoms in total. The van der Waals surface area contributed by atoms with Crippen LogP contribution in [0.2, 0.25) is 0 Å². The van der Waals surface area contributed by atoms with Crippen LogP contribution in [0.25, 0.3) is 0 Å². The summed E-state index contributed by atoms with van der Waals surface area (Å²) in [6, 6.07) is 4.22. The van der Waals surface area contributed by atoms with E-state index in [4.69, 9.17) is 4.74 Å². The summed E-state index contributed by atoms with van der Waals surface area (Å²) >= 11 is 4.07. The van der Waals surface area contributed by atoms with E-state index in [-0.39, 0.29) is 22.2 Å². The normalized spacial score (nSPS) is 24.2. The molecule has 1 saturated carbocycles. The van der Waals surface area contributed by atoms with E-state index >= 15 is 0 Å². The molecule has 1 heterocycles. The lowest BCUT2D eigenvalue weighted by atomic mass is 9.81. The quantitative estimate of drug-likeness (QED) is 0.415. The van der Waals surface area contributed by atoms with Gasteiger partial charge in [-0.1, -0.05) is 39.0 Å². The number of benzene rings is 1. The first-order valence-electron chi connectivity index (χ1n) is 11.4. The number of unbranched alkanes of at least 4 members (excludes halogenated alkanes) is 3. The highest BCUT2D eigenvalue weighted by Crippen LogP contribution is 2.57. The Kier molecular flexibility index (Phi) is 8.52. The van der Waals surface area contributed by atoms with E-state index in [2.05, 4.69) is 13.0 Å². The van der Waals surface area contributed by atoms with Crippen molar-refractivity contribution in [1.29, 1.82) is 0 Å².